The largest absolute Gasteiger partial charge is 0.325 e. The van der Waals surface area contributed by atoms with Crippen molar-refractivity contribution in [2.45, 2.75) is 37.9 Å². The van der Waals surface area contributed by atoms with Crippen molar-refractivity contribution in [1.29, 1.82) is 0 Å². The smallest absolute Gasteiger partial charge is 0.234 e. The average Bonchev–Trinajstić information content (AvgIpc) is 3.09. The molecule has 0 unspecified atom stereocenters. The second kappa shape index (κ2) is 9.26. The SMILES string of the molecule is C=CCn1c(SCC(=O)Nc2ccccc2C(C)(C)C)nnc1-c1ccc(F)cc1. The highest BCUT2D eigenvalue weighted by molar-refractivity contribution is 7.99. The van der Waals surface area contributed by atoms with Gasteiger partial charge in [-0.05, 0) is 41.3 Å². The number of rotatable bonds is 7. The molecule has 3 aromatic rings. The zero-order valence-corrected chi connectivity index (χ0v) is 18.2. The maximum absolute atomic E-state index is 13.2. The number of nitrogens with zero attached hydrogens (tertiary/aromatic N) is 3. The van der Waals surface area contributed by atoms with Gasteiger partial charge in [-0.3, -0.25) is 9.36 Å². The van der Waals surface area contributed by atoms with E-state index in [0.29, 0.717) is 17.5 Å². The minimum Gasteiger partial charge on any atom is -0.325 e. The maximum atomic E-state index is 13.2. The Morgan fingerprint density at radius 1 is 1.17 bits per heavy atom. The van der Waals surface area contributed by atoms with Crippen LogP contribution in [0.5, 0.6) is 0 Å². The molecule has 0 saturated carbocycles. The van der Waals surface area contributed by atoms with Gasteiger partial charge in [0.15, 0.2) is 11.0 Å². The zero-order chi connectivity index (χ0) is 21.7. The van der Waals surface area contributed by atoms with E-state index < -0.39 is 0 Å². The van der Waals surface area contributed by atoms with E-state index in [4.69, 9.17) is 0 Å². The van der Waals surface area contributed by atoms with Crippen LogP contribution in [0.2, 0.25) is 0 Å². The van der Waals surface area contributed by atoms with Crippen molar-refractivity contribution < 1.29 is 9.18 Å². The first kappa shape index (κ1) is 21.8. The summed E-state index contributed by atoms with van der Waals surface area (Å²) < 4.78 is 15.1. The first-order valence-corrected chi connectivity index (χ1v) is 10.6. The Hall–Kier alpha value is -2.93. The number of thioether (sulfide) groups is 1. The van der Waals surface area contributed by atoms with Gasteiger partial charge >= 0.3 is 0 Å². The van der Waals surface area contributed by atoms with E-state index >= 15 is 0 Å². The summed E-state index contributed by atoms with van der Waals surface area (Å²) in [6, 6.07) is 13.9. The predicted molar refractivity (Wildman–Crippen MR) is 120 cm³/mol. The zero-order valence-electron chi connectivity index (χ0n) is 17.4. The van der Waals surface area contributed by atoms with Gasteiger partial charge in [-0.25, -0.2) is 4.39 Å². The molecule has 3 rings (SSSR count). The van der Waals surface area contributed by atoms with Crippen LogP contribution in [0.1, 0.15) is 26.3 Å². The van der Waals surface area contributed by atoms with Gasteiger partial charge in [0.1, 0.15) is 5.82 Å². The Labute approximate surface area is 180 Å². The fraction of sp³-hybridized carbons (Fsp3) is 0.261. The van der Waals surface area contributed by atoms with Crippen LogP contribution >= 0.6 is 11.8 Å². The molecule has 0 radical (unpaired) electrons. The number of para-hydroxylation sites is 1. The molecule has 0 aliphatic heterocycles. The Balaban J connectivity index is 1.74. The highest BCUT2D eigenvalue weighted by atomic mass is 32.2. The van der Waals surface area contributed by atoms with E-state index in [1.807, 2.05) is 28.8 Å². The molecule has 7 heteroatoms. The highest BCUT2D eigenvalue weighted by Crippen LogP contribution is 2.30. The van der Waals surface area contributed by atoms with Crippen LogP contribution in [-0.4, -0.2) is 26.4 Å². The van der Waals surface area contributed by atoms with E-state index in [-0.39, 0.29) is 22.9 Å². The van der Waals surface area contributed by atoms with Gasteiger partial charge in [0.05, 0.1) is 5.75 Å². The molecule has 0 fully saturated rings. The molecule has 0 aliphatic carbocycles. The van der Waals surface area contributed by atoms with E-state index in [1.54, 1.807) is 18.2 Å². The summed E-state index contributed by atoms with van der Waals surface area (Å²) in [7, 11) is 0. The standard InChI is InChI=1S/C23H25FN4OS/c1-5-14-28-21(16-10-12-17(24)13-11-16)26-27-22(28)30-15-20(29)25-19-9-7-6-8-18(19)23(2,3)4/h5-13H,1,14-15H2,2-4H3,(H,25,29). The second-order valence-corrected chi connectivity index (χ2v) is 8.79. The van der Waals surface area contributed by atoms with Crippen LogP contribution in [0, 0.1) is 5.82 Å². The molecule has 1 amide bonds. The first-order valence-electron chi connectivity index (χ1n) is 9.62. The van der Waals surface area contributed by atoms with Crippen molar-refractivity contribution >= 4 is 23.4 Å². The third-order valence-electron chi connectivity index (χ3n) is 4.47. The number of carbonyl (C=O) groups is 1. The number of carbonyl (C=O) groups excluding carboxylic acids is 1. The normalized spacial score (nSPS) is 11.3. The lowest BCUT2D eigenvalue weighted by molar-refractivity contribution is -0.113. The number of benzene rings is 2. The summed E-state index contributed by atoms with van der Waals surface area (Å²) >= 11 is 1.30. The van der Waals surface area contributed by atoms with Gasteiger partial charge in [-0.2, -0.15) is 0 Å². The monoisotopic (exact) mass is 424 g/mol. The number of amides is 1. The molecular formula is C23H25FN4OS. The van der Waals surface area contributed by atoms with Crippen molar-refractivity contribution in [3.63, 3.8) is 0 Å². The van der Waals surface area contributed by atoms with Crippen LogP contribution in [0.25, 0.3) is 11.4 Å². The summed E-state index contributed by atoms with van der Waals surface area (Å²) in [5, 5.41) is 12.1. The van der Waals surface area contributed by atoms with Gasteiger partial charge in [0, 0.05) is 17.8 Å². The summed E-state index contributed by atoms with van der Waals surface area (Å²) in [4.78, 5) is 12.6. The Morgan fingerprint density at radius 3 is 2.53 bits per heavy atom. The fourth-order valence-corrected chi connectivity index (χ4v) is 3.81. The summed E-state index contributed by atoms with van der Waals surface area (Å²) in [5.74, 6) is 0.372. The minimum atomic E-state index is -0.310. The van der Waals surface area contributed by atoms with Gasteiger partial charge in [0.25, 0.3) is 0 Å². The summed E-state index contributed by atoms with van der Waals surface area (Å²) in [6.07, 6.45) is 1.74. The van der Waals surface area contributed by atoms with Crippen LogP contribution in [0.4, 0.5) is 10.1 Å². The Bertz CT molecular complexity index is 1040. The van der Waals surface area contributed by atoms with Crippen molar-refractivity contribution in [2.75, 3.05) is 11.1 Å². The van der Waals surface area contributed by atoms with Crippen molar-refractivity contribution in [2.24, 2.45) is 0 Å². The first-order chi connectivity index (χ1) is 14.3. The molecular weight excluding hydrogens is 399 g/mol. The third-order valence-corrected chi connectivity index (χ3v) is 5.44. The number of hydrogen-bond donors (Lipinski definition) is 1. The quantitative estimate of drug-likeness (QED) is 0.413. The Morgan fingerprint density at radius 2 is 1.87 bits per heavy atom. The highest BCUT2D eigenvalue weighted by Gasteiger charge is 2.19. The predicted octanol–water partition coefficient (Wildman–Crippen LogP) is 5.30. The molecule has 0 aliphatic rings. The molecule has 0 atom stereocenters. The van der Waals surface area contributed by atoms with Gasteiger partial charge in [-0.1, -0.05) is 56.8 Å². The molecule has 0 saturated heterocycles. The maximum Gasteiger partial charge on any atom is 0.234 e. The lowest BCUT2D eigenvalue weighted by atomic mass is 9.86. The van der Waals surface area contributed by atoms with E-state index in [0.717, 1.165) is 16.8 Å². The lowest BCUT2D eigenvalue weighted by Crippen LogP contribution is -2.20. The number of halogens is 1. The van der Waals surface area contributed by atoms with Gasteiger partial charge < -0.3 is 5.32 Å². The van der Waals surface area contributed by atoms with E-state index in [9.17, 15) is 9.18 Å². The number of anilines is 1. The van der Waals surface area contributed by atoms with Crippen LogP contribution in [0.3, 0.4) is 0 Å². The topological polar surface area (TPSA) is 59.8 Å². The average molecular weight is 425 g/mol. The molecule has 1 aromatic heterocycles. The molecule has 156 valence electrons. The molecule has 0 spiro atoms. The van der Waals surface area contributed by atoms with Crippen LogP contribution < -0.4 is 5.32 Å². The number of allylic oxidation sites excluding steroid dienone is 1. The fourth-order valence-electron chi connectivity index (χ4n) is 3.06. The minimum absolute atomic E-state index is 0.0782. The summed E-state index contributed by atoms with van der Waals surface area (Å²) in [6.45, 7) is 10.6. The number of aromatic nitrogens is 3. The van der Waals surface area contributed by atoms with Crippen molar-refractivity contribution in [1.82, 2.24) is 14.8 Å². The van der Waals surface area contributed by atoms with Crippen molar-refractivity contribution in [3.05, 3.63) is 72.6 Å². The third kappa shape index (κ3) is 5.16. The summed E-state index contributed by atoms with van der Waals surface area (Å²) in [5.41, 5.74) is 2.57. The molecule has 1 heterocycles. The molecule has 2 aromatic carbocycles. The number of hydrogen-bond acceptors (Lipinski definition) is 4. The lowest BCUT2D eigenvalue weighted by Gasteiger charge is -2.22. The second-order valence-electron chi connectivity index (χ2n) is 7.84. The van der Waals surface area contributed by atoms with E-state index in [1.165, 1.54) is 23.9 Å². The molecule has 30 heavy (non-hydrogen) atoms. The van der Waals surface area contributed by atoms with E-state index in [2.05, 4.69) is 42.9 Å². The van der Waals surface area contributed by atoms with Gasteiger partial charge in [0.2, 0.25) is 5.91 Å². The number of nitrogens with one attached hydrogen (secondary N) is 1. The molecule has 5 nitrogen and oxygen atoms in total. The van der Waals surface area contributed by atoms with Gasteiger partial charge in [-0.15, -0.1) is 16.8 Å². The Kier molecular flexibility index (Phi) is 6.72. The van der Waals surface area contributed by atoms with Crippen molar-refractivity contribution in [3.8, 4) is 11.4 Å². The van der Waals surface area contributed by atoms with Crippen LogP contribution in [-0.2, 0) is 16.8 Å². The van der Waals surface area contributed by atoms with Crippen LogP contribution in [0.15, 0.2) is 66.3 Å². The molecule has 1 N–H and O–H groups in total. The molecule has 0 bridgehead atoms.